The van der Waals surface area contributed by atoms with Crippen LogP contribution in [0.2, 0.25) is 0 Å². The largest absolute Gasteiger partial charge is 0.377 e. The summed E-state index contributed by atoms with van der Waals surface area (Å²) in [6.45, 7) is 6.75. The van der Waals surface area contributed by atoms with Gasteiger partial charge in [0.2, 0.25) is 0 Å². The van der Waals surface area contributed by atoms with Crippen molar-refractivity contribution in [3.8, 4) is 0 Å². The average molecular weight is 310 g/mol. The Morgan fingerprint density at radius 1 is 1.33 bits per heavy atom. The van der Waals surface area contributed by atoms with Gasteiger partial charge in [0.15, 0.2) is 5.82 Å². The number of aromatic nitrogens is 2. The van der Waals surface area contributed by atoms with Gasteiger partial charge in [-0.1, -0.05) is 6.92 Å². The molecule has 1 unspecified atom stereocenters. The topological polar surface area (TPSA) is 59.1 Å². The molecule has 1 saturated heterocycles. The summed E-state index contributed by atoms with van der Waals surface area (Å²) in [5.41, 5.74) is 0. The lowest BCUT2D eigenvalue weighted by atomic mass is 10.1. The molecule has 0 aromatic carbocycles. The Bertz CT molecular complexity index is 449. The van der Waals surface area contributed by atoms with Gasteiger partial charge >= 0.3 is 0 Å². The fraction of sp³-hybridized carbons (Fsp3) is 0.733. The molecular formula is C15H26N4OS. The van der Waals surface area contributed by atoms with E-state index >= 15 is 0 Å². The quantitative estimate of drug-likeness (QED) is 0.769. The summed E-state index contributed by atoms with van der Waals surface area (Å²) in [5.74, 6) is 3.72. The normalized spacial score (nSPS) is 21.5. The zero-order valence-electron chi connectivity index (χ0n) is 13.2. The van der Waals surface area contributed by atoms with E-state index in [2.05, 4.69) is 46.2 Å². The van der Waals surface area contributed by atoms with Crippen LogP contribution in [0.25, 0.3) is 0 Å². The Morgan fingerprint density at radius 3 is 2.71 bits per heavy atom. The summed E-state index contributed by atoms with van der Waals surface area (Å²) in [4.78, 5) is 8.99. The van der Waals surface area contributed by atoms with Crippen LogP contribution < -0.4 is 10.6 Å². The molecule has 0 saturated carbocycles. The molecule has 1 fully saturated rings. The van der Waals surface area contributed by atoms with E-state index in [1.807, 2.05) is 6.07 Å². The van der Waals surface area contributed by atoms with Crippen LogP contribution in [0.3, 0.4) is 0 Å². The predicted octanol–water partition coefficient (Wildman–Crippen LogP) is 3.14. The van der Waals surface area contributed by atoms with Crippen molar-refractivity contribution in [2.24, 2.45) is 0 Å². The number of nitrogens with zero attached hydrogens (tertiary/aromatic N) is 2. The third-order valence-electron chi connectivity index (χ3n) is 3.55. The van der Waals surface area contributed by atoms with Crippen molar-refractivity contribution in [1.29, 1.82) is 0 Å². The third-order valence-corrected chi connectivity index (χ3v) is 5.08. The van der Waals surface area contributed by atoms with Gasteiger partial charge in [0.25, 0.3) is 0 Å². The van der Waals surface area contributed by atoms with Crippen LogP contribution in [-0.4, -0.2) is 40.7 Å². The maximum Gasteiger partial charge on any atom is 0.158 e. The van der Waals surface area contributed by atoms with Gasteiger partial charge in [-0.15, -0.1) is 0 Å². The molecule has 2 N–H and O–H groups in total. The van der Waals surface area contributed by atoms with E-state index < -0.39 is 0 Å². The van der Waals surface area contributed by atoms with E-state index in [4.69, 9.17) is 4.74 Å². The van der Waals surface area contributed by atoms with Crippen LogP contribution >= 0.6 is 11.8 Å². The minimum Gasteiger partial charge on any atom is -0.377 e. The first kappa shape index (κ1) is 16.4. The molecule has 0 spiro atoms. The molecule has 21 heavy (non-hydrogen) atoms. The fourth-order valence-electron chi connectivity index (χ4n) is 2.38. The summed E-state index contributed by atoms with van der Waals surface area (Å²) >= 11 is 2.05. The number of hydrogen-bond donors (Lipinski definition) is 2. The van der Waals surface area contributed by atoms with Crippen molar-refractivity contribution < 1.29 is 4.74 Å². The highest BCUT2D eigenvalue weighted by atomic mass is 32.2. The molecule has 0 radical (unpaired) electrons. The molecule has 1 aromatic rings. The van der Waals surface area contributed by atoms with Gasteiger partial charge in [0.1, 0.15) is 18.2 Å². The smallest absolute Gasteiger partial charge is 0.158 e. The highest BCUT2D eigenvalue weighted by Gasteiger charge is 2.29. The van der Waals surface area contributed by atoms with E-state index in [0.29, 0.717) is 17.2 Å². The number of ether oxygens (including phenoxy) is 1. The number of thioether (sulfide) groups is 1. The first-order valence-electron chi connectivity index (χ1n) is 7.64. The van der Waals surface area contributed by atoms with Gasteiger partial charge < -0.3 is 15.4 Å². The van der Waals surface area contributed by atoms with Crippen LogP contribution in [0.1, 0.15) is 38.9 Å². The summed E-state index contributed by atoms with van der Waals surface area (Å²) in [6.07, 6.45) is 3.65. The van der Waals surface area contributed by atoms with Crippen molar-refractivity contribution >= 4 is 23.4 Å². The zero-order chi connectivity index (χ0) is 15.1. The van der Waals surface area contributed by atoms with Crippen LogP contribution in [-0.2, 0) is 11.3 Å². The standard InChI is InChI=1S/C15H26N4OS/c1-4-7-16-12-9-13(19-14(18-12)10-20-3)17-11-15(2)6-5-8-21-15/h9H,4-8,10-11H2,1-3H3,(H2,16,17,18,19). The van der Waals surface area contributed by atoms with Gasteiger partial charge in [0.05, 0.1) is 0 Å². The van der Waals surface area contributed by atoms with Gasteiger partial charge in [-0.25, -0.2) is 9.97 Å². The first-order chi connectivity index (χ1) is 10.1. The van der Waals surface area contributed by atoms with Crippen LogP contribution in [0.15, 0.2) is 6.07 Å². The first-order valence-corrected chi connectivity index (χ1v) is 8.62. The molecule has 0 bridgehead atoms. The molecule has 1 aliphatic rings. The summed E-state index contributed by atoms with van der Waals surface area (Å²) < 4.78 is 5.48. The third kappa shape index (κ3) is 5.04. The number of nitrogens with one attached hydrogen (secondary N) is 2. The summed E-state index contributed by atoms with van der Waals surface area (Å²) in [5, 5.41) is 6.79. The predicted molar refractivity (Wildman–Crippen MR) is 90.1 cm³/mol. The van der Waals surface area contributed by atoms with Gasteiger partial charge in [0, 0.05) is 31.0 Å². The minimum absolute atomic E-state index is 0.323. The molecule has 0 aliphatic carbocycles. The molecule has 2 rings (SSSR count). The van der Waals surface area contributed by atoms with Crippen molar-refractivity contribution in [1.82, 2.24) is 9.97 Å². The van der Waals surface area contributed by atoms with E-state index in [1.54, 1.807) is 7.11 Å². The highest BCUT2D eigenvalue weighted by Crippen LogP contribution is 2.37. The molecular weight excluding hydrogens is 284 g/mol. The van der Waals surface area contributed by atoms with Crippen molar-refractivity contribution in [3.63, 3.8) is 0 Å². The molecule has 5 nitrogen and oxygen atoms in total. The maximum atomic E-state index is 5.16. The molecule has 2 heterocycles. The Morgan fingerprint density at radius 2 is 2.10 bits per heavy atom. The lowest BCUT2D eigenvalue weighted by Crippen LogP contribution is -2.27. The minimum atomic E-state index is 0.323. The SMILES string of the molecule is CCCNc1cc(NCC2(C)CCCS2)nc(COC)n1. The van der Waals surface area contributed by atoms with Crippen molar-refractivity contribution in [3.05, 3.63) is 11.9 Å². The Labute approximate surface area is 131 Å². The van der Waals surface area contributed by atoms with Gasteiger partial charge in [-0.05, 0) is 31.9 Å². The molecule has 0 amide bonds. The second kappa shape index (κ2) is 7.84. The fourth-order valence-corrected chi connectivity index (χ4v) is 3.62. The molecule has 6 heteroatoms. The molecule has 1 atom stereocenters. The maximum absolute atomic E-state index is 5.16. The Hall–Kier alpha value is -1.01. The monoisotopic (exact) mass is 310 g/mol. The van der Waals surface area contributed by atoms with Crippen molar-refractivity contribution in [2.75, 3.05) is 36.6 Å². The number of hydrogen-bond acceptors (Lipinski definition) is 6. The van der Waals surface area contributed by atoms with Gasteiger partial charge in [-0.3, -0.25) is 0 Å². The van der Waals surface area contributed by atoms with E-state index in [0.717, 1.165) is 31.1 Å². The van der Waals surface area contributed by atoms with E-state index in [-0.39, 0.29) is 0 Å². The molecule has 118 valence electrons. The molecule has 1 aromatic heterocycles. The van der Waals surface area contributed by atoms with Crippen LogP contribution in [0, 0.1) is 0 Å². The van der Waals surface area contributed by atoms with Gasteiger partial charge in [-0.2, -0.15) is 11.8 Å². The molecule has 1 aliphatic heterocycles. The highest BCUT2D eigenvalue weighted by molar-refractivity contribution is 8.00. The average Bonchev–Trinajstić information content (AvgIpc) is 2.91. The number of rotatable bonds is 8. The zero-order valence-corrected chi connectivity index (χ0v) is 14.1. The van der Waals surface area contributed by atoms with Crippen molar-refractivity contribution in [2.45, 2.75) is 44.5 Å². The summed E-state index contributed by atoms with van der Waals surface area (Å²) in [6, 6.07) is 1.98. The van der Waals surface area contributed by atoms with Crippen LogP contribution in [0.4, 0.5) is 11.6 Å². The number of methoxy groups -OCH3 is 1. The summed E-state index contributed by atoms with van der Waals surface area (Å²) in [7, 11) is 1.67. The second-order valence-corrected chi connectivity index (χ2v) is 7.35. The van der Waals surface area contributed by atoms with Crippen LogP contribution in [0.5, 0.6) is 0 Å². The lowest BCUT2D eigenvalue weighted by molar-refractivity contribution is 0.178. The lowest BCUT2D eigenvalue weighted by Gasteiger charge is -2.23. The van der Waals surface area contributed by atoms with E-state index in [1.165, 1.54) is 18.6 Å². The number of anilines is 2. The Kier molecular flexibility index (Phi) is 6.11. The van der Waals surface area contributed by atoms with E-state index in [9.17, 15) is 0 Å². The Balaban J connectivity index is 2.03. The second-order valence-electron chi connectivity index (χ2n) is 5.67.